The zero-order valence-corrected chi connectivity index (χ0v) is 6.70. The Bertz CT molecular complexity index is 398. The van der Waals surface area contributed by atoms with Gasteiger partial charge >= 0.3 is 11.2 Å². The van der Waals surface area contributed by atoms with Crippen molar-refractivity contribution in [2.45, 2.75) is 0 Å². The zero-order chi connectivity index (χ0) is 10.0. The van der Waals surface area contributed by atoms with Crippen molar-refractivity contribution in [1.82, 2.24) is 9.97 Å². The van der Waals surface area contributed by atoms with Crippen molar-refractivity contribution in [1.29, 1.82) is 0 Å². The number of nitro groups is 1. The Kier molecular flexibility index (Phi) is 2.13. The number of rotatable bonds is 2. The molecule has 0 spiro atoms. The Labute approximate surface area is 71.9 Å². The van der Waals surface area contributed by atoms with E-state index >= 15 is 0 Å². The number of nitrogens with zero attached hydrogens (tertiary/aromatic N) is 2. The van der Waals surface area contributed by atoms with E-state index in [0.717, 1.165) is 0 Å². The maximum atomic E-state index is 11.0. The topological polar surface area (TPSA) is 127 Å². The zero-order valence-electron chi connectivity index (χ0n) is 6.70. The Balaban J connectivity index is 3.40. The van der Waals surface area contributed by atoms with Crippen LogP contribution in [-0.4, -0.2) is 21.9 Å². The molecule has 0 aliphatic carbocycles. The number of hydrogen-bond acceptors (Lipinski definition) is 6. The molecule has 0 atom stereocenters. The molecule has 0 bridgehead atoms. The fourth-order valence-corrected chi connectivity index (χ4v) is 0.779. The van der Waals surface area contributed by atoms with Crippen molar-refractivity contribution in [2.24, 2.45) is 0 Å². The average Bonchev–Trinajstić information content (AvgIpc) is 2.02. The molecule has 0 amide bonds. The molecule has 8 nitrogen and oxygen atoms in total. The highest BCUT2D eigenvalue weighted by molar-refractivity contribution is 5.52. The molecule has 1 aromatic heterocycles. The van der Waals surface area contributed by atoms with Gasteiger partial charge in [0.05, 0.1) is 4.92 Å². The molecule has 0 saturated heterocycles. The van der Waals surface area contributed by atoms with Gasteiger partial charge in [0.2, 0.25) is 11.8 Å². The Hall–Kier alpha value is -2.12. The largest absolute Gasteiger partial charge is 0.378 e. The molecule has 4 N–H and O–H groups in total. The lowest BCUT2D eigenvalue weighted by Crippen LogP contribution is -2.17. The third-order valence-electron chi connectivity index (χ3n) is 1.34. The Morgan fingerprint density at radius 3 is 2.69 bits per heavy atom. The van der Waals surface area contributed by atoms with Crippen LogP contribution in [0.5, 0.6) is 0 Å². The third-order valence-corrected chi connectivity index (χ3v) is 1.34. The highest BCUT2D eigenvalue weighted by Gasteiger charge is 2.19. The Morgan fingerprint density at radius 2 is 2.31 bits per heavy atom. The second-order valence-electron chi connectivity index (χ2n) is 2.16. The fraction of sp³-hybridized carbons (Fsp3) is 0.200. The van der Waals surface area contributed by atoms with Crippen LogP contribution in [0.25, 0.3) is 0 Å². The van der Waals surface area contributed by atoms with Crippen LogP contribution < -0.4 is 16.6 Å². The smallest absolute Gasteiger partial charge is 0.375 e. The van der Waals surface area contributed by atoms with Gasteiger partial charge in [-0.05, 0) is 0 Å². The summed E-state index contributed by atoms with van der Waals surface area (Å²) >= 11 is 0. The van der Waals surface area contributed by atoms with Crippen molar-refractivity contribution in [3.05, 3.63) is 20.5 Å². The summed E-state index contributed by atoms with van der Waals surface area (Å²) in [6.45, 7) is 0. The van der Waals surface area contributed by atoms with Gasteiger partial charge in [0.15, 0.2) is 0 Å². The molecule has 0 fully saturated rings. The van der Waals surface area contributed by atoms with Crippen molar-refractivity contribution in [3.8, 4) is 0 Å². The maximum Gasteiger partial charge on any atom is 0.375 e. The number of aromatic amines is 1. The second-order valence-corrected chi connectivity index (χ2v) is 2.16. The first-order valence-corrected chi connectivity index (χ1v) is 3.28. The van der Waals surface area contributed by atoms with Crippen LogP contribution >= 0.6 is 0 Å². The van der Waals surface area contributed by atoms with Crippen LogP contribution in [0.3, 0.4) is 0 Å². The summed E-state index contributed by atoms with van der Waals surface area (Å²) in [7, 11) is 1.50. The van der Waals surface area contributed by atoms with E-state index in [-0.39, 0.29) is 5.95 Å². The molecule has 70 valence electrons. The van der Waals surface area contributed by atoms with Gasteiger partial charge in [0.1, 0.15) is 0 Å². The quantitative estimate of drug-likeness (QED) is 0.413. The predicted octanol–water partition coefficient (Wildman–Crippen LogP) is -0.698. The third kappa shape index (κ3) is 1.55. The van der Waals surface area contributed by atoms with Crippen LogP contribution in [-0.2, 0) is 0 Å². The van der Waals surface area contributed by atoms with Gasteiger partial charge in [0.25, 0.3) is 0 Å². The van der Waals surface area contributed by atoms with Crippen molar-refractivity contribution in [3.63, 3.8) is 0 Å². The van der Waals surface area contributed by atoms with E-state index in [0.29, 0.717) is 0 Å². The van der Waals surface area contributed by atoms with E-state index in [1.54, 1.807) is 0 Å². The molecule has 0 aliphatic rings. The Morgan fingerprint density at radius 1 is 1.69 bits per heavy atom. The highest BCUT2D eigenvalue weighted by atomic mass is 16.6. The lowest BCUT2D eigenvalue weighted by molar-refractivity contribution is -0.385. The van der Waals surface area contributed by atoms with Crippen LogP contribution in [0.2, 0.25) is 0 Å². The molecular weight excluding hydrogens is 178 g/mol. The maximum absolute atomic E-state index is 11.0. The highest BCUT2D eigenvalue weighted by Crippen LogP contribution is 2.12. The number of nitrogens with two attached hydrogens (primary N) is 1. The first-order chi connectivity index (χ1) is 6.06. The van der Waals surface area contributed by atoms with E-state index in [9.17, 15) is 14.9 Å². The van der Waals surface area contributed by atoms with Gasteiger partial charge in [-0.2, -0.15) is 4.98 Å². The first-order valence-electron chi connectivity index (χ1n) is 3.28. The van der Waals surface area contributed by atoms with Crippen molar-refractivity contribution >= 4 is 17.5 Å². The minimum Gasteiger partial charge on any atom is -0.378 e. The summed E-state index contributed by atoms with van der Waals surface area (Å²) in [5.41, 5.74) is 3.58. The lowest BCUT2D eigenvalue weighted by Gasteiger charge is -1.99. The molecule has 1 heterocycles. The van der Waals surface area contributed by atoms with E-state index in [4.69, 9.17) is 5.73 Å². The summed E-state index contributed by atoms with van der Waals surface area (Å²) in [5.74, 6) is -0.314. The minimum absolute atomic E-state index is 0.0908. The SMILES string of the molecule is CNc1nc(N)c([N+](=O)[O-])c(=O)[nH]1. The van der Waals surface area contributed by atoms with Gasteiger partial charge < -0.3 is 11.1 Å². The van der Waals surface area contributed by atoms with Crippen LogP contribution in [0, 0.1) is 10.1 Å². The van der Waals surface area contributed by atoms with Crippen LogP contribution in [0.15, 0.2) is 4.79 Å². The van der Waals surface area contributed by atoms with E-state index in [1.165, 1.54) is 7.05 Å². The number of nitrogen functional groups attached to an aromatic ring is 1. The summed E-state index contributed by atoms with van der Waals surface area (Å²) in [6, 6.07) is 0. The molecule has 8 heteroatoms. The molecule has 0 aliphatic heterocycles. The molecule has 0 radical (unpaired) electrons. The normalized spacial score (nSPS) is 9.62. The number of nitrogens with one attached hydrogen (secondary N) is 2. The van der Waals surface area contributed by atoms with Gasteiger partial charge in [-0.15, -0.1) is 0 Å². The summed E-state index contributed by atoms with van der Waals surface area (Å²) in [6.07, 6.45) is 0. The fourth-order valence-electron chi connectivity index (χ4n) is 0.779. The molecule has 0 unspecified atom stereocenters. The molecule has 0 aromatic carbocycles. The minimum atomic E-state index is -0.874. The number of aromatic nitrogens is 2. The van der Waals surface area contributed by atoms with Gasteiger partial charge in [0, 0.05) is 7.05 Å². The molecule has 13 heavy (non-hydrogen) atoms. The summed E-state index contributed by atoms with van der Waals surface area (Å²) in [5, 5.41) is 12.8. The lowest BCUT2D eigenvalue weighted by atomic mass is 10.5. The van der Waals surface area contributed by atoms with Crippen LogP contribution in [0.4, 0.5) is 17.5 Å². The summed E-state index contributed by atoms with van der Waals surface area (Å²) < 4.78 is 0. The van der Waals surface area contributed by atoms with Gasteiger partial charge in [-0.3, -0.25) is 19.9 Å². The predicted molar refractivity (Wildman–Crippen MR) is 45.5 cm³/mol. The van der Waals surface area contributed by atoms with Crippen molar-refractivity contribution < 1.29 is 4.92 Å². The number of anilines is 2. The van der Waals surface area contributed by atoms with E-state index < -0.39 is 22.0 Å². The average molecular weight is 185 g/mol. The van der Waals surface area contributed by atoms with Crippen LogP contribution in [0.1, 0.15) is 0 Å². The monoisotopic (exact) mass is 185 g/mol. The second kappa shape index (κ2) is 3.09. The van der Waals surface area contributed by atoms with E-state index in [2.05, 4.69) is 15.3 Å². The van der Waals surface area contributed by atoms with Gasteiger partial charge in [-0.1, -0.05) is 0 Å². The first kappa shape index (κ1) is 8.97. The van der Waals surface area contributed by atoms with Gasteiger partial charge in [-0.25, -0.2) is 0 Å². The standard InChI is InChI=1S/C5H7N5O3/c1-7-5-8-3(6)2(10(12)13)4(11)9-5/h1H3,(H4,6,7,8,9,11). The van der Waals surface area contributed by atoms with E-state index in [1.807, 2.05) is 0 Å². The number of H-pyrrole nitrogens is 1. The molecule has 0 saturated carbocycles. The summed E-state index contributed by atoms with van der Waals surface area (Å²) in [4.78, 5) is 26.1. The van der Waals surface area contributed by atoms with Crippen molar-refractivity contribution in [2.75, 3.05) is 18.1 Å². The molecule has 1 aromatic rings. The molecular formula is C5H7N5O3. The molecule has 1 rings (SSSR count). The number of hydrogen-bond donors (Lipinski definition) is 3.